The molecule has 2 N–H and O–H groups in total. The Bertz CT molecular complexity index is 1110. The first kappa shape index (κ1) is 21.5. The predicted octanol–water partition coefficient (Wildman–Crippen LogP) is 2.78. The Morgan fingerprint density at radius 3 is 2.50 bits per heavy atom. The third kappa shape index (κ3) is 4.68. The number of urea groups is 1. The number of rotatable bonds is 6. The molecule has 30 heavy (non-hydrogen) atoms. The fourth-order valence-electron chi connectivity index (χ4n) is 3.14. The number of carbonyl (C=O) groups is 2. The molecule has 0 aromatic heterocycles. The van der Waals surface area contributed by atoms with Gasteiger partial charge in [0.15, 0.2) is 9.84 Å². The van der Waals surface area contributed by atoms with Crippen molar-refractivity contribution < 1.29 is 27.1 Å². The minimum Gasteiger partial charge on any atom is -0.463 e. The van der Waals surface area contributed by atoms with Crippen LogP contribution in [0.3, 0.4) is 0 Å². The van der Waals surface area contributed by atoms with E-state index in [-0.39, 0.29) is 28.3 Å². The van der Waals surface area contributed by atoms with E-state index in [9.17, 15) is 22.4 Å². The maximum atomic E-state index is 13.8. The number of benzene rings is 2. The molecule has 0 radical (unpaired) electrons. The summed E-state index contributed by atoms with van der Waals surface area (Å²) in [5.74, 6) is -1.98. The Labute approximate surface area is 173 Å². The lowest BCUT2D eigenvalue weighted by Gasteiger charge is -2.29. The Kier molecular flexibility index (Phi) is 6.21. The van der Waals surface area contributed by atoms with Crippen molar-refractivity contribution >= 4 is 21.8 Å². The number of halogens is 1. The first-order chi connectivity index (χ1) is 14.2. The Balaban J connectivity index is 2.10. The highest BCUT2D eigenvalue weighted by Gasteiger charge is 2.35. The van der Waals surface area contributed by atoms with Gasteiger partial charge < -0.3 is 15.4 Å². The van der Waals surface area contributed by atoms with Gasteiger partial charge in [0.2, 0.25) is 0 Å². The second-order valence-electron chi connectivity index (χ2n) is 6.77. The van der Waals surface area contributed by atoms with Gasteiger partial charge in [0, 0.05) is 5.70 Å². The average molecular weight is 432 g/mol. The van der Waals surface area contributed by atoms with Gasteiger partial charge in [0.25, 0.3) is 0 Å². The normalized spacial score (nSPS) is 16.6. The van der Waals surface area contributed by atoms with Crippen LogP contribution in [0.2, 0.25) is 0 Å². The number of carbonyl (C=O) groups excluding carboxylic acids is 2. The van der Waals surface area contributed by atoms with Gasteiger partial charge in [-0.3, -0.25) is 0 Å². The lowest BCUT2D eigenvalue weighted by atomic mass is 9.95. The molecule has 0 saturated heterocycles. The summed E-state index contributed by atoms with van der Waals surface area (Å²) < 4.78 is 44.7. The molecule has 0 bridgehead atoms. The predicted molar refractivity (Wildman–Crippen MR) is 108 cm³/mol. The summed E-state index contributed by atoms with van der Waals surface area (Å²) in [6.07, 6.45) is 0. The molecule has 158 valence electrons. The van der Waals surface area contributed by atoms with Gasteiger partial charge in [-0.15, -0.1) is 0 Å². The van der Waals surface area contributed by atoms with Crippen molar-refractivity contribution in [1.29, 1.82) is 0 Å². The largest absolute Gasteiger partial charge is 0.463 e. The second kappa shape index (κ2) is 8.66. The van der Waals surface area contributed by atoms with E-state index in [1.54, 1.807) is 19.1 Å². The highest BCUT2D eigenvalue weighted by Crippen LogP contribution is 2.29. The number of sulfone groups is 1. The summed E-state index contributed by atoms with van der Waals surface area (Å²) >= 11 is 0. The fourth-order valence-corrected chi connectivity index (χ4v) is 4.46. The lowest BCUT2D eigenvalue weighted by Crippen LogP contribution is -2.47. The summed E-state index contributed by atoms with van der Waals surface area (Å²) in [6, 6.07) is 9.83. The van der Waals surface area contributed by atoms with E-state index >= 15 is 0 Å². The molecule has 0 fully saturated rings. The first-order valence-corrected chi connectivity index (χ1v) is 10.9. The van der Waals surface area contributed by atoms with E-state index in [1.807, 2.05) is 6.92 Å². The van der Waals surface area contributed by atoms with Crippen molar-refractivity contribution in [3.05, 3.63) is 76.7 Å². The molecule has 0 aliphatic carbocycles. The van der Waals surface area contributed by atoms with Gasteiger partial charge in [-0.25, -0.2) is 22.4 Å². The molecule has 2 aromatic rings. The van der Waals surface area contributed by atoms with Gasteiger partial charge in [0.1, 0.15) is 5.82 Å². The van der Waals surface area contributed by atoms with Gasteiger partial charge in [-0.1, -0.05) is 29.8 Å². The molecule has 7 nitrogen and oxygen atoms in total. The van der Waals surface area contributed by atoms with Crippen LogP contribution >= 0.6 is 0 Å². The zero-order chi connectivity index (χ0) is 21.9. The van der Waals surface area contributed by atoms with Crippen LogP contribution in [0.25, 0.3) is 0 Å². The van der Waals surface area contributed by atoms with Crippen LogP contribution in [0.4, 0.5) is 9.18 Å². The molecule has 0 spiro atoms. The molecule has 0 saturated carbocycles. The number of hydrogen-bond donors (Lipinski definition) is 2. The Hall–Kier alpha value is -3.20. The number of esters is 1. The zero-order valence-electron chi connectivity index (χ0n) is 16.4. The molecular weight excluding hydrogens is 411 g/mol. The van der Waals surface area contributed by atoms with Crippen LogP contribution in [0.15, 0.2) is 64.7 Å². The number of amides is 2. The SMILES string of the molecule is CCOC(=O)C1=C(CS(=O)(=O)c2ccc(C)cc2)NC(=O)N[C@@H]1c1cccc(F)c1. The van der Waals surface area contributed by atoms with Crippen LogP contribution in [-0.4, -0.2) is 32.8 Å². The van der Waals surface area contributed by atoms with Gasteiger partial charge >= 0.3 is 12.0 Å². The maximum Gasteiger partial charge on any atom is 0.338 e. The van der Waals surface area contributed by atoms with Crippen molar-refractivity contribution in [2.24, 2.45) is 0 Å². The molecule has 2 amide bonds. The minimum absolute atomic E-state index is 0.0458. The highest BCUT2D eigenvalue weighted by atomic mass is 32.2. The van der Waals surface area contributed by atoms with E-state index < -0.39 is 39.4 Å². The highest BCUT2D eigenvalue weighted by molar-refractivity contribution is 7.91. The molecule has 1 aliphatic heterocycles. The number of ether oxygens (including phenoxy) is 1. The van der Waals surface area contributed by atoms with Crippen LogP contribution in [0.1, 0.15) is 24.1 Å². The average Bonchev–Trinajstić information content (AvgIpc) is 2.67. The van der Waals surface area contributed by atoms with E-state index in [0.717, 1.165) is 5.56 Å². The number of hydrogen-bond acceptors (Lipinski definition) is 5. The van der Waals surface area contributed by atoms with E-state index in [4.69, 9.17) is 4.74 Å². The standard InChI is InChI=1S/C21H21FN2O5S/c1-3-29-20(25)18-17(12-30(27,28)16-9-7-13(2)8-10-16)23-21(26)24-19(18)14-5-4-6-15(22)11-14/h4-11,19H,3,12H2,1-2H3,(H2,23,24,26)/t19-/m1/s1. The van der Waals surface area contributed by atoms with Crippen molar-refractivity contribution in [2.45, 2.75) is 24.8 Å². The van der Waals surface area contributed by atoms with Crippen LogP contribution in [-0.2, 0) is 19.4 Å². The molecular formula is C21H21FN2O5S. The molecule has 3 rings (SSSR count). The van der Waals surface area contributed by atoms with Crippen molar-refractivity contribution in [3.8, 4) is 0 Å². The smallest absolute Gasteiger partial charge is 0.338 e. The summed E-state index contributed by atoms with van der Waals surface area (Å²) in [5, 5.41) is 4.96. The number of aryl methyl sites for hydroxylation is 1. The molecule has 0 unspecified atom stereocenters. The van der Waals surface area contributed by atoms with E-state index in [1.165, 1.54) is 36.4 Å². The quantitative estimate of drug-likeness (QED) is 0.684. The van der Waals surface area contributed by atoms with Gasteiger partial charge in [0.05, 0.1) is 28.9 Å². The topological polar surface area (TPSA) is 102 Å². The van der Waals surface area contributed by atoms with Crippen LogP contribution < -0.4 is 10.6 Å². The molecule has 1 atom stereocenters. The summed E-state index contributed by atoms with van der Waals surface area (Å²) in [7, 11) is -3.88. The van der Waals surface area contributed by atoms with Crippen LogP contribution in [0.5, 0.6) is 0 Å². The first-order valence-electron chi connectivity index (χ1n) is 9.24. The maximum absolute atomic E-state index is 13.8. The molecule has 2 aromatic carbocycles. The number of nitrogens with one attached hydrogen (secondary N) is 2. The Morgan fingerprint density at radius 2 is 1.87 bits per heavy atom. The van der Waals surface area contributed by atoms with E-state index in [0.29, 0.717) is 0 Å². The third-order valence-corrected chi connectivity index (χ3v) is 6.20. The Morgan fingerprint density at radius 1 is 1.17 bits per heavy atom. The monoisotopic (exact) mass is 432 g/mol. The fraction of sp³-hybridized carbons (Fsp3) is 0.238. The summed E-state index contributed by atoms with van der Waals surface area (Å²) in [5.41, 5.74) is 0.990. The third-order valence-electron chi connectivity index (χ3n) is 4.55. The summed E-state index contributed by atoms with van der Waals surface area (Å²) in [6.45, 7) is 3.48. The van der Waals surface area contributed by atoms with Crippen molar-refractivity contribution in [3.63, 3.8) is 0 Å². The molecule has 9 heteroatoms. The van der Waals surface area contributed by atoms with Gasteiger partial charge in [-0.2, -0.15) is 0 Å². The lowest BCUT2D eigenvalue weighted by molar-refractivity contribution is -0.139. The van der Waals surface area contributed by atoms with Crippen molar-refractivity contribution in [1.82, 2.24) is 10.6 Å². The van der Waals surface area contributed by atoms with Gasteiger partial charge in [-0.05, 0) is 43.7 Å². The molecule has 1 aliphatic rings. The summed E-state index contributed by atoms with van der Waals surface area (Å²) in [4.78, 5) is 25.0. The molecule has 1 heterocycles. The van der Waals surface area contributed by atoms with E-state index in [2.05, 4.69) is 10.6 Å². The van der Waals surface area contributed by atoms with Crippen LogP contribution in [0, 0.1) is 12.7 Å². The zero-order valence-corrected chi connectivity index (χ0v) is 17.3. The second-order valence-corrected chi connectivity index (χ2v) is 8.76. The van der Waals surface area contributed by atoms with Crippen molar-refractivity contribution in [2.75, 3.05) is 12.4 Å². The minimum atomic E-state index is -3.88.